The van der Waals surface area contributed by atoms with Crippen LogP contribution in [0.1, 0.15) is 79.3 Å². The van der Waals surface area contributed by atoms with Crippen molar-refractivity contribution in [3.8, 4) is 33.4 Å². The molecule has 0 saturated heterocycles. The van der Waals surface area contributed by atoms with Crippen molar-refractivity contribution in [2.45, 2.75) is 65.1 Å². The molecular formula is C77H56N6O4. The number of benzene rings is 12. The summed E-state index contributed by atoms with van der Waals surface area (Å²) in [5, 5.41) is 82.8. The molecule has 87 heavy (non-hydrogen) atoms. The predicted molar refractivity (Wildman–Crippen MR) is 347 cm³/mol. The molecule has 0 bridgehead atoms. The third-order valence-corrected chi connectivity index (χ3v) is 21.5. The van der Waals surface area contributed by atoms with E-state index >= 15 is 0 Å². The van der Waals surface area contributed by atoms with E-state index in [-0.39, 0.29) is 0 Å². The van der Waals surface area contributed by atoms with E-state index in [0.29, 0.717) is 0 Å². The molecule has 0 radical (unpaired) electrons. The van der Waals surface area contributed by atoms with Crippen LogP contribution in [0.15, 0.2) is 231 Å². The van der Waals surface area contributed by atoms with Gasteiger partial charge < -0.3 is 52.3 Å². The Labute approximate surface area is 500 Å². The standard InChI is InChI=1S/C77H56N6O4/c84-71-63(48-35-31-39-15-13-29-58-60(39)67(48)80-75(78-58)52-23-7-1-17-42(52)43-18-2-8-24-53(43)75)72(85)65(71)50-37-33-41-34-38-51(70-62(41)69(50)82-77(83-70)56-27-11-5-21-46(56)47-22-6-12-28-57(47)77)66-73(86)64(74(66)87)49-36-32-40-16-14-30-59-61(40)68(49)81-76(79-59)54-25-9-3-19-44(54)45-20-4-10-26-55(45)76/h1-38,63-66,71-74,78-87H. The highest BCUT2D eigenvalue weighted by Gasteiger charge is 2.58. The number of rotatable bonds is 4. The Morgan fingerprint density at radius 1 is 0.230 bits per heavy atom. The zero-order chi connectivity index (χ0) is 57.4. The Hall–Kier alpha value is -9.94. The van der Waals surface area contributed by atoms with Crippen molar-refractivity contribution in [2.75, 3.05) is 31.9 Å². The lowest BCUT2D eigenvalue weighted by atomic mass is 9.61. The molecule has 10 nitrogen and oxygen atoms in total. The van der Waals surface area contributed by atoms with E-state index in [1.807, 2.05) is 0 Å². The number of aliphatic hydroxyl groups is 4. The molecule has 4 unspecified atom stereocenters. The average Bonchev–Trinajstić information content (AvgIpc) is 1.73. The number of anilines is 6. The van der Waals surface area contributed by atoms with Gasteiger partial charge in [0.15, 0.2) is 17.0 Å². The van der Waals surface area contributed by atoms with Crippen LogP contribution in [0.2, 0.25) is 0 Å². The summed E-state index contributed by atoms with van der Waals surface area (Å²) >= 11 is 0. The molecule has 0 amide bonds. The molecule has 12 aromatic carbocycles. The first kappa shape index (κ1) is 48.3. The molecule has 5 aliphatic carbocycles. The highest BCUT2D eigenvalue weighted by molar-refractivity contribution is 6.12. The van der Waals surface area contributed by atoms with Gasteiger partial charge in [0.2, 0.25) is 0 Å². The molecular weight excluding hydrogens is 1070 g/mol. The normalized spacial score (nSPS) is 23.8. The van der Waals surface area contributed by atoms with Crippen LogP contribution < -0.4 is 31.9 Å². The fourth-order valence-corrected chi connectivity index (χ4v) is 17.7. The molecule has 4 atom stereocenters. The SMILES string of the molecule is OC1C(c2ccc3cccc4c3c2NC2(N4)c3ccccc3-c3ccccc32)C(O)C1c1ccc2ccc(C3C(O)C(c4ccc5cccc6c5c4NC4(N6)c5ccccc5-c5ccccc54)C3O)c3c2c1NC1(N3)c2ccccc2-c2ccccc21. The highest BCUT2D eigenvalue weighted by atomic mass is 16.3. The van der Waals surface area contributed by atoms with E-state index in [4.69, 9.17) is 0 Å². The molecule has 418 valence electrons. The summed E-state index contributed by atoms with van der Waals surface area (Å²) in [6.45, 7) is 0. The van der Waals surface area contributed by atoms with Gasteiger partial charge in [0.1, 0.15) is 0 Å². The maximum Gasteiger partial charge on any atom is 0.162 e. The van der Waals surface area contributed by atoms with Crippen molar-refractivity contribution in [1.29, 1.82) is 0 Å². The molecule has 3 heterocycles. The van der Waals surface area contributed by atoms with Crippen LogP contribution in [0.3, 0.4) is 0 Å². The van der Waals surface area contributed by atoms with Crippen molar-refractivity contribution < 1.29 is 20.4 Å². The molecule has 3 spiro atoms. The van der Waals surface area contributed by atoms with Gasteiger partial charge in [0, 0.05) is 84.6 Å². The van der Waals surface area contributed by atoms with E-state index in [1.165, 1.54) is 0 Å². The fraction of sp³-hybridized carbons (Fsp3) is 0.143. The Morgan fingerprint density at radius 3 is 0.759 bits per heavy atom. The van der Waals surface area contributed by atoms with Crippen molar-refractivity contribution in [2.24, 2.45) is 0 Å². The van der Waals surface area contributed by atoms with Crippen LogP contribution in [0.5, 0.6) is 0 Å². The van der Waals surface area contributed by atoms with E-state index in [2.05, 4.69) is 262 Å². The Kier molecular flexibility index (Phi) is 9.29. The van der Waals surface area contributed by atoms with Gasteiger partial charge in [0.25, 0.3) is 0 Å². The van der Waals surface area contributed by atoms with Crippen LogP contribution in [-0.2, 0) is 17.0 Å². The minimum atomic E-state index is -1.02. The van der Waals surface area contributed by atoms with Crippen LogP contribution in [-0.4, -0.2) is 44.8 Å². The maximum absolute atomic E-state index is 13.1. The van der Waals surface area contributed by atoms with E-state index in [0.717, 1.165) is 155 Å². The van der Waals surface area contributed by atoms with Crippen LogP contribution in [0, 0.1) is 0 Å². The number of hydrogen-bond acceptors (Lipinski definition) is 10. The lowest BCUT2D eigenvalue weighted by Crippen LogP contribution is -2.54. The molecule has 0 aromatic heterocycles. The molecule has 8 aliphatic rings. The lowest BCUT2D eigenvalue weighted by molar-refractivity contribution is -0.0782. The smallest absolute Gasteiger partial charge is 0.162 e. The van der Waals surface area contributed by atoms with Crippen molar-refractivity contribution in [1.82, 2.24) is 0 Å². The van der Waals surface area contributed by atoms with Crippen LogP contribution >= 0.6 is 0 Å². The minimum absolute atomic E-state index is 0.638. The summed E-state index contributed by atoms with van der Waals surface area (Å²) < 4.78 is 0. The first-order chi connectivity index (χ1) is 42.7. The van der Waals surface area contributed by atoms with E-state index in [1.54, 1.807) is 0 Å². The molecule has 10 heteroatoms. The fourth-order valence-electron chi connectivity index (χ4n) is 17.7. The predicted octanol–water partition coefficient (Wildman–Crippen LogP) is 14.5. The van der Waals surface area contributed by atoms with Crippen LogP contribution in [0.4, 0.5) is 34.1 Å². The first-order valence-electron chi connectivity index (χ1n) is 30.4. The third-order valence-electron chi connectivity index (χ3n) is 21.5. The summed E-state index contributed by atoms with van der Waals surface area (Å²) in [7, 11) is 0. The largest absolute Gasteiger partial charge is 0.392 e. The molecule has 2 fully saturated rings. The number of fused-ring (bicyclic) bond motifs is 15. The second-order valence-electron chi connectivity index (χ2n) is 25.4. The third kappa shape index (κ3) is 5.89. The molecule has 20 rings (SSSR count). The maximum atomic E-state index is 13.1. The van der Waals surface area contributed by atoms with E-state index in [9.17, 15) is 20.4 Å². The molecule has 2 saturated carbocycles. The molecule has 10 N–H and O–H groups in total. The molecule has 3 aliphatic heterocycles. The quantitative estimate of drug-likeness (QED) is 0.0824. The summed E-state index contributed by atoms with van der Waals surface area (Å²) in [4.78, 5) is 0. The monoisotopic (exact) mass is 1130 g/mol. The Morgan fingerprint density at radius 2 is 0.471 bits per heavy atom. The van der Waals surface area contributed by atoms with Gasteiger partial charge in [0.05, 0.1) is 47.2 Å². The van der Waals surface area contributed by atoms with Gasteiger partial charge in [-0.25, -0.2) is 0 Å². The van der Waals surface area contributed by atoms with Gasteiger partial charge >= 0.3 is 0 Å². The second-order valence-corrected chi connectivity index (χ2v) is 25.4. The van der Waals surface area contributed by atoms with Gasteiger partial charge in [-0.2, -0.15) is 0 Å². The summed E-state index contributed by atoms with van der Waals surface area (Å²) in [6.07, 6.45) is -3.94. The van der Waals surface area contributed by atoms with Gasteiger partial charge in [-0.1, -0.05) is 218 Å². The summed E-state index contributed by atoms with van der Waals surface area (Å²) in [5.74, 6) is -2.65. The van der Waals surface area contributed by atoms with Gasteiger partial charge in [-0.3, -0.25) is 0 Å². The zero-order valence-electron chi connectivity index (χ0n) is 46.8. The first-order valence-corrected chi connectivity index (χ1v) is 30.4. The van der Waals surface area contributed by atoms with Gasteiger partial charge in [-0.15, -0.1) is 0 Å². The number of nitrogens with one attached hydrogen (secondary N) is 6. The number of hydrogen-bond donors (Lipinski definition) is 10. The second kappa shape index (κ2) is 16.7. The Balaban J connectivity index is 0.720. The minimum Gasteiger partial charge on any atom is -0.392 e. The Bertz CT molecular complexity index is 4660. The summed E-state index contributed by atoms with van der Waals surface area (Å²) in [6, 6.07) is 80.6. The highest BCUT2D eigenvalue weighted by Crippen LogP contribution is 2.64. The lowest BCUT2D eigenvalue weighted by Gasteiger charge is -2.51. The zero-order valence-corrected chi connectivity index (χ0v) is 46.8. The van der Waals surface area contributed by atoms with Crippen LogP contribution in [0.25, 0.3) is 65.7 Å². The summed E-state index contributed by atoms with van der Waals surface area (Å²) in [5.41, 5.74) is 19.3. The van der Waals surface area contributed by atoms with Crippen molar-refractivity contribution >= 4 is 66.4 Å². The van der Waals surface area contributed by atoms with Crippen molar-refractivity contribution in [3.05, 3.63) is 286 Å². The topological polar surface area (TPSA) is 153 Å². The number of aliphatic hydroxyl groups excluding tert-OH is 4. The molecule has 12 aromatic rings. The van der Waals surface area contributed by atoms with E-state index < -0.39 is 65.1 Å². The van der Waals surface area contributed by atoms with Crippen molar-refractivity contribution in [3.63, 3.8) is 0 Å². The van der Waals surface area contributed by atoms with Gasteiger partial charge in [-0.05, 0) is 83.9 Å². The average molecular weight is 1130 g/mol.